The van der Waals surface area contributed by atoms with Crippen molar-refractivity contribution in [2.45, 2.75) is 39.7 Å². The second-order valence-electron chi connectivity index (χ2n) is 8.14. The largest absolute Gasteiger partial charge is 0.372 e. The van der Waals surface area contributed by atoms with Crippen LogP contribution in [0.4, 0.5) is 15.8 Å². The fourth-order valence-corrected chi connectivity index (χ4v) is 3.96. The summed E-state index contributed by atoms with van der Waals surface area (Å²) in [5.41, 5.74) is 5.62. The number of Topliss-reactive ketones (excluding diaryl/α,β-unsaturated/α-hetero) is 1. The zero-order valence-electron chi connectivity index (χ0n) is 15.3. The van der Waals surface area contributed by atoms with E-state index in [1.165, 1.54) is 12.1 Å². The molecule has 0 spiro atoms. The maximum Gasteiger partial charge on any atom is 0.163 e. The number of carbonyl (C=O) groups excluding carboxylic acids is 1. The zero-order valence-corrected chi connectivity index (χ0v) is 15.3. The van der Waals surface area contributed by atoms with Gasteiger partial charge in [-0.2, -0.15) is 0 Å². The predicted molar refractivity (Wildman–Crippen MR) is 103 cm³/mol. The minimum atomic E-state index is -0.287. The first-order valence-electron chi connectivity index (χ1n) is 8.98. The highest BCUT2D eigenvalue weighted by molar-refractivity contribution is 6.01. The van der Waals surface area contributed by atoms with Crippen molar-refractivity contribution in [3.05, 3.63) is 70.7 Å². The molecular weight excluding hydrogens is 327 g/mol. The first kappa shape index (κ1) is 16.8. The van der Waals surface area contributed by atoms with Gasteiger partial charge in [-0.05, 0) is 54.2 Å². The average Bonchev–Trinajstić information content (AvgIpc) is 2.70. The van der Waals surface area contributed by atoms with Crippen LogP contribution in [0.15, 0.2) is 53.7 Å². The van der Waals surface area contributed by atoms with Crippen LogP contribution in [0, 0.1) is 18.2 Å². The van der Waals surface area contributed by atoms with Crippen molar-refractivity contribution in [3.63, 3.8) is 0 Å². The molecule has 1 aliphatic carbocycles. The molecule has 2 aliphatic rings. The molecule has 0 saturated carbocycles. The summed E-state index contributed by atoms with van der Waals surface area (Å²) >= 11 is 0. The third kappa shape index (κ3) is 3.00. The monoisotopic (exact) mass is 350 g/mol. The van der Waals surface area contributed by atoms with E-state index in [0.717, 1.165) is 40.2 Å². The molecule has 0 radical (unpaired) electrons. The molecule has 1 unspecified atom stereocenters. The van der Waals surface area contributed by atoms with Crippen LogP contribution in [0.1, 0.15) is 43.9 Å². The Balaban J connectivity index is 1.88. The molecule has 1 atom stereocenters. The van der Waals surface area contributed by atoms with E-state index >= 15 is 0 Å². The predicted octanol–water partition coefficient (Wildman–Crippen LogP) is 5.36. The fraction of sp³-hybridized carbons (Fsp3) is 0.318. The number of halogens is 1. The van der Waals surface area contributed by atoms with Crippen LogP contribution in [-0.4, -0.2) is 5.78 Å². The average molecular weight is 350 g/mol. The molecule has 0 bridgehead atoms. The lowest BCUT2D eigenvalue weighted by molar-refractivity contribution is -0.118. The number of fused-ring (bicyclic) bond motifs is 1. The number of anilines is 2. The molecule has 4 heteroatoms. The molecule has 0 fully saturated rings. The van der Waals surface area contributed by atoms with Gasteiger partial charge in [0.1, 0.15) is 5.82 Å². The second-order valence-corrected chi connectivity index (χ2v) is 8.14. The van der Waals surface area contributed by atoms with Gasteiger partial charge in [-0.25, -0.2) is 4.39 Å². The SMILES string of the molecule is Cc1ccc2c(c1)NC(c1ccc(F)cc1)C1=C(CC(C)(C)CC1=O)N2. The van der Waals surface area contributed by atoms with Gasteiger partial charge in [0.05, 0.1) is 17.4 Å². The van der Waals surface area contributed by atoms with E-state index in [9.17, 15) is 9.18 Å². The van der Waals surface area contributed by atoms with Crippen LogP contribution < -0.4 is 10.6 Å². The molecule has 134 valence electrons. The Labute approximate surface area is 153 Å². The summed E-state index contributed by atoms with van der Waals surface area (Å²) in [6.07, 6.45) is 1.32. The number of nitrogens with one attached hydrogen (secondary N) is 2. The van der Waals surface area contributed by atoms with E-state index in [2.05, 4.69) is 36.6 Å². The number of aryl methyl sites for hydroxylation is 1. The molecule has 2 aromatic rings. The summed E-state index contributed by atoms with van der Waals surface area (Å²) in [4.78, 5) is 13.1. The number of ketones is 1. The van der Waals surface area contributed by atoms with Crippen LogP contribution in [0.2, 0.25) is 0 Å². The number of hydrogen-bond acceptors (Lipinski definition) is 3. The van der Waals surface area contributed by atoms with E-state index in [-0.39, 0.29) is 23.1 Å². The van der Waals surface area contributed by atoms with Crippen LogP contribution >= 0.6 is 0 Å². The quantitative estimate of drug-likeness (QED) is 0.728. The Kier molecular flexibility index (Phi) is 3.87. The lowest BCUT2D eigenvalue weighted by atomic mass is 9.73. The number of hydrogen-bond donors (Lipinski definition) is 2. The topological polar surface area (TPSA) is 41.1 Å². The molecule has 0 saturated heterocycles. The Morgan fingerprint density at radius 2 is 1.77 bits per heavy atom. The summed E-state index contributed by atoms with van der Waals surface area (Å²) in [7, 11) is 0. The molecule has 2 N–H and O–H groups in total. The minimum Gasteiger partial charge on any atom is -0.372 e. The maximum atomic E-state index is 13.4. The fourth-order valence-electron chi connectivity index (χ4n) is 3.96. The molecule has 4 rings (SSSR count). The summed E-state index contributed by atoms with van der Waals surface area (Å²) in [6.45, 7) is 6.29. The smallest absolute Gasteiger partial charge is 0.163 e. The van der Waals surface area contributed by atoms with Gasteiger partial charge in [-0.1, -0.05) is 32.0 Å². The van der Waals surface area contributed by atoms with E-state index in [0.29, 0.717) is 6.42 Å². The number of benzene rings is 2. The van der Waals surface area contributed by atoms with Gasteiger partial charge in [0, 0.05) is 17.7 Å². The van der Waals surface area contributed by atoms with Crippen molar-refractivity contribution < 1.29 is 9.18 Å². The molecule has 26 heavy (non-hydrogen) atoms. The highest BCUT2D eigenvalue weighted by Crippen LogP contribution is 2.45. The molecule has 0 aromatic heterocycles. The molecule has 2 aromatic carbocycles. The van der Waals surface area contributed by atoms with Crippen LogP contribution in [0.3, 0.4) is 0 Å². The van der Waals surface area contributed by atoms with Crippen molar-refractivity contribution in [2.75, 3.05) is 10.6 Å². The lowest BCUT2D eigenvalue weighted by Gasteiger charge is -2.34. The van der Waals surface area contributed by atoms with E-state index in [4.69, 9.17) is 0 Å². The standard InChI is InChI=1S/C22H23FN2O/c1-13-4-9-16-17(10-13)25-21(14-5-7-15(23)8-6-14)20-18(24-16)11-22(2,3)12-19(20)26/h4-10,21,24-25H,11-12H2,1-3H3. The van der Waals surface area contributed by atoms with Gasteiger partial charge >= 0.3 is 0 Å². The van der Waals surface area contributed by atoms with Gasteiger partial charge in [-0.3, -0.25) is 4.79 Å². The second kappa shape index (κ2) is 5.97. The van der Waals surface area contributed by atoms with Crippen molar-refractivity contribution in [3.8, 4) is 0 Å². The maximum absolute atomic E-state index is 13.4. The molecule has 1 aliphatic heterocycles. The molecule has 1 heterocycles. The van der Waals surface area contributed by atoms with Crippen molar-refractivity contribution in [1.29, 1.82) is 0 Å². The van der Waals surface area contributed by atoms with Crippen LogP contribution in [0.25, 0.3) is 0 Å². The molecular formula is C22H23FN2O. The normalized spacial score (nSPS) is 21.2. The molecule has 3 nitrogen and oxygen atoms in total. The first-order chi connectivity index (χ1) is 12.3. The van der Waals surface area contributed by atoms with Gasteiger partial charge in [0.2, 0.25) is 0 Å². The zero-order chi connectivity index (χ0) is 18.5. The van der Waals surface area contributed by atoms with Gasteiger partial charge in [-0.15, -0.1) is 0 Å². The minimum absolute atomic E-state index is 0.0779. The van der Waals surface area contributed by atoms with Gasteiger partial charge < -0.3 is 10.6 Å². The van der Waals surface area contributed by atoms with Crippen molar-refractivity contribution >= 4 is 17.2 Å². The Hall–Kier alpha value is -2.62. The van der Waals surface area contributed by atoms with E-state index < -0.39 is 0 Å². The summed E-state index contributed by atoms with van der Waals surface area (Å²) < 4.78 is 13.4. The first-order valence-corrected chi connectivity index (χ1v) is 8.98. The van der Waals surface area contributed by atoms with Crippen LogP contribution in [0.5, 0.6) is 0 Å². The highest BCUT2D eigenvalue weighted by Gasteiger charge is 2.38. The number of carbonyl (C=O) groups is 1. The number of rotatable bonds is 1. The van der Waals surface area contributed by atoms with E-state index in [1.54, 1.807) is 12.1 Å². The third-order valence-corrected chi connectivity index (χ3v) is 5.17. The van der Waals surface area contributed by atoms with Gasteiger partial charge in [0.25, 0.3) is 0 Å². The Bertz CT molecular complexity index is 912. The Morgan fingerprint density at radius 1 is 1.04 bits per heavy atom. The summed E-state index contributed by atoms with van der Waals surface area (Å²) in [5.74, 6) is -0.128. The van der Waals surface area contributed by atoms with Crippen molar-refractivity contribution in [1.82, 2.24) is 0 Å². The lowest BCUT2D eigenvalue weighted by Crippen LogP contribution is -2.31. The van der Waals surface area contributed by atoms with Crippen LogP contribution in [-0.2, 0) is 4.79 Å². The molecule has 0 amide bonds. The van der Waals surface area contributed by atoms with E-state index in [1.807, 2.05) is 13.0 Å². The third-order valence-electron chi connectivity index (χ3n) is 5.17. The van der Waals surface area contributed by atoms with Crippen molar-refractivity contribution in [2.24, 2.45) is 5.41 Å². The highest BCUT2D eigenvalue weighted by atomic mass is 19.1. The van der Waals surface area contributed by atoms with Gasteiger partial charge in [0.15, 0.2) is 5.78 Å². The summed E-state index contributed by atoms with van der Waals surface area (Å²) in [6, 6.07) is 12.3. The summed E-state index contributed by atoms with van der Waals surface area (Å²) in [5, 5.41) is 7.04. The Morgan fingerprint density at radius 3 is 2.50 bits per heavy atom. The number of allylic oxidation sites excluding steroid dienone is 1.